The Morgan fingerprint density at radius 1 is 1.11 bits per heavy atom. The van der Waals surface area contributed by atoms with Gasteiger partial charge < -0.3 is 4.74 Å². The Balaban J connectivity index is 2.00. The average molecular weight is 254 g/mol. The van der Waals surface area contributed by atoms with Gasteiger partial charge in [-0.3, -0.25) is 0 Å². The lowest BCUT2D eigenvalue weighted by Gasteiger charge is -2.02. The summed E-state index contributed by atoms with van der Waals surface area (Å²) in [5.41, 5.74) is 2.89. The highest BCUT2D eigenvalue weighted by molar-refractivity contribution is 7.08. The molecule has 0 radical (unpaired) electrons. The third-order valence-corrected chi connectivity index (χ3v) is 3.35. The van der Waals surface area contributed by atoms with E-state index in [0.29, 0.717) is 5.76 Å². The summed E-state index contributed by atoms with van der Waals surface area (Å²) in [4.78, 5) is 11.4. The number of allylic oxidation sites excluding steroid dienone is 1. The number of rotatable bonds is 2. The monoisotopic (exact) mass is 254 g/mol. The Hall–Kier alpha value is -2.13. The number of benzene rings is 1. The predicted octanol–water partition coefficient (Wildman–Crippen LogP) is 3.73. The molecule has 2 aromatic rings. The van der Waals surface area contributed by atoms with Crippen LogP contribution in [0.5, 0.6) is 0 Å². The van der Waals surface area contributed by atoms with E-state index >= 15 is 0 Å². The molecule has 0 unspecified atom stereocenters. The zero-order valence-corrected chi connectivity index (χ0v) is 10.3. The average Bonchev–Trinajstić information content (AvgIpc) is 3.00. The van der Waals surface area contributed by atoms with E-state index in [0.717, 1.165) is 16.7 Å². The summed E-state index contributed by atoms with van der Waals surface area (Å²) in [6.45, 7) is 0. The van der Waals surface area contributed by atoms with Crippen molar-refractivity contribution in [2.24, 2.45) is 0 Å². The van der Waals surface area contributed by atoms with Crippen LogP contribution in [0, 0.1) is 0 Å². The van der Waals surface area contributed by atoms with Gasteiger partial charge in [-0.1, -0.05) is 30.3 Å². The second kappa shape index (κ2) is 4.63. The van der Waals surface area contributed by atoms with Gasteiger partial charge in [-0.15, -0.1) is 0 Å². The minimum atomic E-state index is -0.307. The number of carbonyl (C=O) groups is 1. The maximum atomic E-state index is 11.4. The maximum absolute atomic E-state index is 11.4. The normalized spacial score (nSPS) is 16.8. The van der Waals surface area contributed by atoms with Gasteiger partial charge in [0.15, 0.2) is 0 Å². The first kappa shape index (κ1) is 11.0. The fourth-order valence-corrected chi connectivity index (χ4v) is 2.49. The van der Waals surface area contributed by atoms with E-state index in [9.17, 15) is 4.79 Å². The smallest absolute Gasteiger partial charge is 0.336 e. The van der Waals surface area contributed by atoms with Crippen LogP contribution in [0.3, 0.4) is 0 Å². The molecule has 1 aromatic carbocycles. The summed E-state index contributed by atoms with van der Waals surface area (Å²) in [7, 11) is 0. The maximum Gasteiger partial charge on any atom is 0.336 e. The van der Waals surface area contributed by atoms with Crippen molar-refractivity contribution in [2.75, 3.05) is 0 Å². The quantitative estimate of drug-likeness (QED) is 0.763. The second-order valence-corrected chi connectivity index (χ2v) is 4.69. The van der Waals surface area contributed by atoms with E-state index < -0.39 is 0 Å². The van der Waals surface area contributed by atoms with Crippen LogP contribution in [0.1, 0.15) is 11.1 Å². The first-order valence-electron chi connectivity index (χ1n) is 5.56. The molecule has 0 atom stereocenters. The molecule has 18 heavy (non-hydrogen) atoms. The van der Waals surface area contributed by atoms with Crippen molar-refractivity contribution in [3.8, 4) is 0 Å². The lowest BCUT2D eigenvalue weighted by atomic mass is 10.1. The molecule has 1 aromatic heterocycles. The fraction of sp³-hybridized carbons (Fsp3) is 0. The molecule has 2 nitrogen and oxygen atoms in total. The van der Waals surface area contributed by atoms with Gasteiger partial charge in [-0.05, 0) is 34.0 Å². The van der Waals surface area contributed by atoms with E-state index in [2.05, 4.69) is 0 Å². The summed E-state index contributed by atoms with van der Waals surface area (Å²) < 4.78 is 5.24. The molecular formula is C15H10O2S. The topological polar surface area (TPSA) is 26.3 Å². The third-order valence-electron chi connectivity index (χ3n) is 2.67. The molecule has 3 heteroatoms. The van der Waals surface area contributed by atoms with E-state index in [4.69, 9.17) is 4.74 Å². The molecule has 0 saturated carbocycles. The fourth-order valence-electron chi connectivity index (χ4n) is 1.83. The molecule has 0 fully saturated rings. The first-order valence-corrected chi connectivity index (χ1v) is 6.50. The lowest BCUT2D eigenvalue weighted by Crippen LogP contribution is -1.91. The van der Waals surface area contributed by atoms with Crippen molar-refractivity contribution in [2.45, 2.75) is 0 Å². The van der Waals surface area contributed by atoms with Crippen LogP contribution < -0.4 is 0 Å². The number of ether oxygens (including phenoxy) is 1. The lowest BCUT2D eigenvalue weighted by molar-refractivity contribution is -0.132. The van der Waals surface area contributed by atoms with Crippen molar-refractivity contribution < 1.29 is 9.53 Å². The zero-order valence-electron chi connectivity index (χ0n) is 9.50. The highest BCUT2D eigenvalue weighted by atomic mass is 32.1. The van der Waals surface area contributed by atoms with Gasteiger partial charge in [-0.2, -0.15) is 11.3 Å². The number of cyclic esters (lactones) is 1. The van der Waals surface area contributed by atoms with Crippen LogP contribution in [0.4, 0.5) is 0 Å². The van der Waals surface area contributed by atoms with E-state index in [1.807, 2.05) is 53.2 Å². The van der Waals surface area contributed by atoms with Crippen LogP contribution in [-0.2, 0) is 9.53 Å². The minimum absolute atomic E-state index is 0.307. The van der Waals surface area contributed by atoms with Crippen LogP contribution in [0.15, 0.2) is 59.0 Å². The summed E-state index contributed by atoms with van der Waals surface area (Å²) >= 11 is 1.60. The summed E-state index contributed by atoms with van der Waals surface area (Å²) in [5, 5.41) is 3.99. The molecular weight excluding hydrogens is 244 g/mol. The number of hydrogen-bond donors (Lipinski definition) is 0. The molecule has 0 spiro atoms. The molecule has 0 saturated heterocycles. The van der Waals surface area contributed by atoms with Crippen LogP contribution >= 0.6 is 11.3 Å². The summed E-state index contributed by atoms with van der Waals surface area (Å²) in [6.07, 6.45) is 3.42. The van der Waals surface area contributed by atoms with Crippen molar-refractivity contribution in [3.05, 3.63) is 70.1 Å². The SMILES string of the molecule is O=C1C=C(c2ccsc2)/C(=C\c2ccccc2)O1. The Kier molecular flexibility index (Phi) is 2.82. The Morgan fingerprint density at radius 3 is 2.67 bits per heavy atom. The van der Waals surface area contributed by atoms with E-state index in [1.54, 1.807) is 11.3 Å². The molecule has 1 aliphatic heterocycles. The predicted molar refractivity (Wildman–Crippen MR) is 72.8 cm³/mol. The van der Waals surface area contributed by atoms with E-state index in [1.165, 1.54) is 6.08 Å². The van der Waals surface area contributed by atoms with Crippen LogP contribution in [0.2, 0.25) is 0 Å². The van der Waals surface area contributed by atoms with Crippen molar-refractivity contribution in [1.29, 1.82) is 0 Å². The van der Waals surface area contributed by atoms with E-state index in [-0.39, 0.29) is 5.97 Å². The van der Waals surface area contributed by atoms with Gasteiger partial charge in [0.2, 0.25) is 0 Å². The summed E-state index contributed by atoms with van der Waals surface area (Å²) in [6, 6.07) is 11.8. The molecule has 88 valence electrons. The molecule has 2 heterocycles. The second-order valence-electron chi connectivity index (χ2n) is 3.91. The zero-order chi connectivity index (χ0) is 12.4. The number of thiophene rings is 1. The molecule has 3 rings (SSSR count). The minimum Gasteiger partial charge on any atom is -0.423 e. The highest BCUT2D eigenvalue weighted by Crippen LogP contribution is 2.32. The highest BCUT2D eigenvalue weighted by Gasteiger charge is 2.21. The Morgan fingerprint density at radius 2 is 1.94 bits per heavy atom. The molecule has 0 amide bonds. The molecule has 0 N–H and O–H groups in total. The van der Waals surface area contributed by atoms with Gasteiger partial charge in [-0.25, -0.2) is 4.79 Å². The van der Waals surface area contributed by atoms with Crippen molar-refractivity contribution in [3.63, 3.8) is 0 Å². The molecule has 0 bridgehead atoms. The number of hydrogen-bond acceptors (Lipinski definition) is 3. The van der Waals surface area contributed by atoms with Gasteiger partial charge in [0.1, 0.15) is 5.76 Å². The van der Waals surface area contributed by atoms with Gasteiger partial charge >= 0.3 is 5.97 Å². The van der Waals surface area contributed by atoms with Crippen molar-refractivity contribution >= 4 is 29.0 Å². The summed E-state index contributed by atoms with van der Waals surface area (Å²) in [5.74, 6) is 0.308. The first-order chi connectivity index (χ1) is 8.83. The number of carbonyl (C=O) groups excluding carboxylic acids is 1. The Labute approximate surface area is 109 Å². The molecule has 1 aliphatic rings. The number of esters is 1. The Bertz CT molecular complexity index is 622. The standard InChI is InChI=1S/C15H10O2S/c16-15-9-13(12-6-7-18-10-12)14(17-15)8-11-4-2-1-3-5-11/h1-10H/b14-8+. The van der Waals surface area contributed by atoms with Crippen LogP contribution in [-0.4, -0.2) is 5.97 Å². The van der Waals surface area contributed by atoms with Crippen LogP contribution in [0.25, 0.3) is 11.6 Å². The molecule has 0 aliphatic carbocycles. The van der Waals surface area contributed by atoms with Gasteiger partial charge in [0, 0.05) is 11.6 Å². The van der Waals surface area contributed by atoms with Gasteiger partial charge in [0.05, 0.1) is 0 Å². The van der Waals surface area contributed by atoms with Gasteiger partial charge in [0.25, 0.3) is 0 Å². The van der Waals surface area contributed by atoms with Crippen molar-refractivity contribution in [1.82, 2.24) is 0 Å². The largest absolute Gasteiger partial charge is 0.423 e. The third kappa shape index (κ3) is 2.13.